The highest BCUT2D eigenvalue weighted by Gasteiger charge is 2.24. The van der Waals surface area contributed by atoms with E-state index in [1.165, 1.54) is 0 Å². The van der Waals surface area contributed by atoms with Crippen molar-refractivity contribution in [2.75, 3.05) is 12.3 Å². The Morgan fingerprint density at radius 3 is 2.48 bits per heavy atom. The molecule has 0 radical (unpaired) electrons. The molecule has 0 spiro atoms. The lowest BCUT2D eigenvalue weighted by Crippen LogP contribution is -2.28. The van der Waals surface area contributed by atoms with Gasteiger partial charge in [0.15, 0.2) is 4.90 Å². The lowest BCUT2D eigenvalue weighted by Gasteiger charge is -2.09. The molecule has 1 aromatic carbocycles. The molecular formula is C12H14F2N4O2S. The van der Waals surface area contributed by atoms with Gasteiger partial charge in [0.2, 0.25) is 10.0 Å². The lowest BCUT2D eigenvalue weighted by molar-refractivity contribution is 0.514. The molecule has 0 amide bonds. The maximum absolute atomic E-state index is 13.6. The van der Waals surface area contributed by atoms with Crippen LogP contribution in [-0.4, -0.2) is 24.7 Å². The Hall–Kier alpha value is -2.00. The first-order valence-corrected chi connectivity index (χ1v) is 7.50. The van der Waals surface area contributed by atoms with Crippen LogP contribution in [0.5, 0.6) is 0 Å². The molecule has 0 bridgehead atoms. The van der Waals surface area contributed by atoms with Gasteiger partial charge in [0.1, 0.15) is 11.6 Å². The molecule has 9 heteroatoms. The van der Waals surface area contributed by atoms with E-state index in [1.807, 2.05) is 0 Å². The molecule has 6 nitrogen and oxygen atoms in total. The van der Waals surface area contributed by atoms with Gasteiger partial charge in [-0.2, -0.15) is 5.10 Å². The minimum Gasteiger partial charge on any atom is -0.399 e. The fraction of sp³-hybridized carbons (Fsp3) is 0.250. The van der Waals surface area contributed by atoms with E-state index >= 15 is 0 Å². The number of nitrogens with two attached hydrogens (primary N) is 1. The third-order valence-corrected chi connectivity index (χ3v) is 4.40. The van der Waals surface area contributed by atoms with Gasteiger partial charge in [0.25, 0.3) is 0 Å². The zero-order chi connectivity index (χ0) is 15.6. The number of aromatic nitrogens is 2. The average Bonchev–Trinajstić information content (AvgIpc) is 2.73. The summed E-state index contributed by atoms with van der Waals surface area (Å²) in [6, 6.07) is 3.25. The molecule has 21 heavy (non-hydrogen) atoms. The minimum absolute atomic E-state index is 0.00881. The van der Waals surface area contributed by atoms with Gasteiger partial charge in [0, 0.05) is 37.6 Å². The van der Waals surface area contributed by atoms with Crippen LogP contribution in [0.2, 0.25) is 0 Å². The molecule has 0 aliphatic carbocycles. The number of hydrogen-bond donors (Lipinski definition) is 2. The van der Waals surface area contributed by atoms with E-state index in [4.69, 9.17) is 5.73 Å². The van der Waals surface area contributed by atoms with E-state index in [0.29, 0.717) is 6.42 Å². The first-order valence-electron chi connectivity index (χ1n) is 6.02. The maximum Gasteiger partial charge on any atom is 0.246 e. The maximum atomic E-state index is 13.6. The molecule has 0 fully saturated rings. The number of halogens is 2. The van der Waals surface area contributed by atoms with Crippen molar-refractivity contribution < 1.29 is 17.2 Å². The van der Waals surface area contributed by atoms with Crippen molar-refractivity contribution in [3.63, 3.8) is 0 Å². The Morgan fingerprint density at radius 1 is 1.33 bits per heavy atom. The molecule has 3 N–H and O–H groups in total. The number of nitrogen functional groups attached to an aromatic ring is 1. The molecule has 114 valence electrons. The molecule has 0 saturated heterocycles. The zero-order valence-electron chi connectivity index (χ0n) is 11.2. The van der Waals surface area contributed by atoms with E-state index in [9.17, 15) is 17.2 Å². The van der Waals surface area contributed by atoms with Crippen LogP contribution in [0.1, 0.15) is 5.69 Å². The third-order valence-electron chi connectivity index (χ3n) is 2.89. The highest BCUT2D eigenvalue weighted by molar-refractivity contribution is 7.89. The number of benzene rings is 1. The molecule has 2 rings (SSSR count). The van der Waals surface area contributed by atoms with Crippen LogP contribution >= 0.6 is 0 Å². The Bertz CT molecular complexity index is 735. The van der Waals surface area contributed by atoms with Crippen LogP contribution in [-0.2, 0) is 23.5 Å². The molecule has 0 atom stereocenters. The fourth-order valence-electron chi connectivity index (χ4n) is 1.87. The summed E-state index contributed by atoms with van der Waals surface area (Å²) in [5.41, 5.74) is 5.85. The smallest absolute Gasteiger partial charge is 0.246 e. The van der Waals surface area contributed by atoms with Crippen LogP contribution in [0.25, 0.3) is 0 Å². The van der Waals surface area contributed by atoms with Crippen molar-refractivity contribution in [1.82, 2.24) is 14.5 Å². The van der Waals surface area contributed by atoms with E-state index in [-0.39, 0.29) is 12.2 Å². The van der Waals surface area contributed by atoms with Gasteiger partial charge in [-0.05, 0) is 18.2 Å². The Labute approximate surface area is 120 Å². The number of anilines is 1. The van der Waals surface area contributed by atoms with E-state index < -0.39 is 26.6 Å². The van der Waals surface area contributed by atoms with Gasteiger partial charge in [-0.15, -0.1) is 0 Å². The van der Waals surface area contributed by atoms with Gasteiger partial charge < -0.3 is 5.73 Å². The molecule has 0 saturated carbocycles. The van der Waals surface area contributed by atoms with Crippen LogP contribution < -0.4 is 10.5 Å². The molecular weight excluding hydrogens is 302 g/mol. The van der Waals surface area contributed by atoms with Crippen molar-refractivity contribution in [2.24, 2.45) is 7.05 Å². The second-order valence-electron chi connectivity index (χ2n) is 4.41. The molecule has 0 aliphatic heterocycles. The molecule has 1 aromatic heterocycles. The van der Waals surface area contributed by atoms with Crippen LogP contribution in [0.4, 0.5) is 14.5 Å². The number of nitrogens with zero attached hydrogens (tertiary/aromatic N) is 2. The summed E-state index contributed by atoms with van der Waals surface area (Å²) in [6.07, 6.45) is 1.91. The number of nitrogens with one attached hydrogen (secondary N) is 1. The van der Waals surface area contributed by atoms with E-state index in [2.05, 4.69) is 9.82 Å². The minimum atomic E-state index is -4.29. The predicted molar refractivity (Wildman–Crippen MR) is 72.9 cm³/mol. The van der Waals surface area contributed by atoms with Crippen LogP contribution in [0.15, 0.2) is 29.3 Å². The SMILES string of the molecule is Cn1nccc1CCNS(=O)(=O)c1c(F)cc(N)cc1F. The summed E-state index contributed by atoms with van der Waals surface area (Å²) in [7, 11) is -2.58. The standard InChI is InChI=1S/C12H14F2N4O2S/c1-18-9(2-4-16-18)3-5-17-21(19,20)12-10(13)6-8(15)7-11(12)14/h2,4,6-7,17H,3,5,15H2,1H3. The summed E-state index contributed by atoms with van der Waals surface area (Å²) in [4.78, 5) is -1.03. The molecule has 0 unspecified atom stereocenters. The Balaban J connectivity index is 2.14. The van der Waals surface area contributed by atoms with Crippen molar-refractivity contribution in [1.29, 1.82) is 0 Å². The monoisotopic (exact) mass is 316 g/mol. The van der Waals surface area contributed by atoms with Crippen molar-refractivity contribution in [3.8, 4) is 0 Å². The average molecular weight is 316 g/mol. The summed E-state index contributed by atoms with van der Waals surface area (Å²) in [5, 5.41) is 3.93. The number of sulfonamides is 1. The van der Waals surface area contributed by atoms with Gasteiger partial charge >= 0.3 is 0 Å². The van der Waals surface area contributed by atoms with Crippen molar-refractivity contribution in [3.05, 3.63) is 41.7 Å². The fourth-order valence-corrected chi connectivity index (χ4v) is 3.01. The zero-order valence-corrected chi connectivity index (χ0v) is 12.0. The highest BCUT2D eigenvalue weighted by Crippen LogP contribution is 2.21. The largest absolute Gasteiger partial charge is 0.399 e. The third kappa shape index (κ3) is 3.37. The first-order chi connectivity index (χ1) is 9.81. The number of aryl methyl sites for hydroxylation is 1. The summed E-state index contributed by atoms with van der Waals surface area (Å²) < 4.78 is 54.9. The second-order valence-corrected chi connectivity index (χ2v) is 6.11. The second kappa shape index (κ2) is 5.78. The van der Waals surface area contributed by atoms with Gasteiger partial charge in [-0.25, -0.2) is 21.9 Å². The van der Waals surface area contributed by atoms with Crippen molar-refractivity contribution >= 4 is 15.7 Å². The summed E-state index contributed by atoms with van der Waals surface area (Å²) in [5.74, 6) is -2.44. The topological polar surface area (TPSA) is 90.0 Å². The first kappa shape index (κ1) is 15.4. The van der Waals surface area contributed by atoms with Crippen LogP contribution in [0, 0.1) is 11.6 Å². The van der Waals surface area contributed by atoms with Crippen molar-refractivity contribution in [2.45, 2.75) is 11.3 Å². The lowest BCUT2D eigenvalue weighted by atomic mass is 10.3. The normalized spacial score (nSPS) is 11.8. The summed E-state index contributed by atoms with van der Waals surface area (Å²) >= 11 is 0. The summed E-state index contributed by atoms with van der Waals surface area (Å²) in [6.45, 7) is -0.00881. The predicted octanol–water partition coefficient (Wildman–Crippen LogP) is 0.802. The Kier molecular flexibility index (Phi) is 4.24. The van der Waals surface area contributed by atoms with Gasteiger partial charge in [-0.3, -0.25) is 4.68 Å². The molecule has 1 heterocycles. The molecule has 2 aromatic rings. The Morgan fingerprint density at radius 2 is 1.95 bits per heavy atom. The quantitative estimate of drug-likeness (QED) is 0.799. The van der Waals surface area contributed by atoms with Gasteiger partial charge in [0.05, 0.1) is 0 Å². The van der Waals surface area contributed by atoms with Gasteiger partial charge in [-0.1, -0.05) is 0 Å². The van der Waals surface area contributed by atoms with Crippen LogP contribution in [0.3, 0.4) is 0 Å². The number of hydrogen-bond acceptors (Lipinski definition) is 4. The number of rotatable bonds is 5. The van der Waals surface area contributed by atoms with E-state index in [1.54, 1.807) is 24.0 Å². The molecule has 0 aliphatic rings. The van der Waals surface area contributed by atoms with E-state index in [0.717, 1.165) is 17.8 Å². The highest BCUT2D eigenvalue weighted by atomic mass is 32.2.